The molecular weight excluding hydrogens is 483 g/mol. The van der Waals surface area contributed by atoms with Crippen LogP contribution in [0.5, 0.6) is 0 Å². The molecule has 1 unspecified atom stereocenters. The van der Waals surface area contributed by atoms with Crippen molar-refractivity contribution in [3.8, 4) is 0 Å². The van der Waals surface area contributed by atoms with Crippen LogP contribution in [0.25, 0.3) is 4.85 Å². The van der Waals surface area contributed by atoms with E-state index in [4.69, 9.17) is 29.8 Å². The van der Waals surface area contributed by atoms with Gasteiger partial charge in [-0.3, -0.25) is 9.80 Å². The highest BCUT2D eigenvalue weighted by molar-refractivity contribution is 6.31. The molecule has 1 saturated heterocycles. The molecule has 2 aliphatic rings. The summed E-state index contributed by atoms with van der Waals surface area (Å²) in [6.07, 6.45) is -1.53. The molecule has 1 aliphatic heterocycles. The van der Waals surface area contributed by atoms with Crippen molar-refractivity contribution in [1.82, 2.24) is 0 Å². The fourth-order valence-corrected chi connectivity index (χ4v) is 5.27. The summed E-state index contributed by atoms with van der Waals surface area (Å²) >= 11 is 12.1. The number of urea groups is 1. The molecule has 1 atom stereocenters. The van der Waals surface area contributed by atoms with Crippen LogP contribution in [0.3, 0.4) is 0 Å². The lowest BCUT2D eigenvalue weighted by atomic mass is 9.64. The van der Waals surface area contributed by atoms with E-state index in [9.17, 15) is 18.7 Å². The van der Waals surface area contributed by atoms with Crippen LogP contribution >= 0.6 is 23.2 Å². The number of aliphatic hydroxyl groups is 1. The van der Waals surface area contributed by atoms with Gasteiger partial charge in [0.1, 0.15) is 5.54 Å². The Morgan fingerprint density at radius 1 is 0.882 bits per heavy atom. The van der Waals surface area contributed by atoms with Crippen LogP contribution in [-0.2, 0) is 5.72 Å². The van der Waals surface area contributed by atoms with E-state index < -0.39 is 36.1 Å². The van der Waals surface area contributed by atoms with E-state index in [1.54, 1.807) is 60.7 Å². The zero-order valence-corrected chi connectivity index (χ0v) is 19.1. The van der Waals surface area contributed by atoms with Gasteiger partial charge in [0.15, 0.2) is 11.4 Å². The van der Waals surface area contributed by atoms with Gasteiger partial charge in [0, 0.05) is 34.3 Å². The molecule has 2 amide bonds. The molecule has 0 bridgehead atoms. The standard InChI is InChI=1S/C25H17Cl2F2N3O2/c1-30-19-4-2-3-16(13-19)25(34)23(14-24(28,29)15-23)31(20-9-5-17(26)6-10-20)22(33)32(25)21-11-7-18(27)8-12-21/h2-13,34H,14-15H2. The third kappa shape index (κ3) is 3.17. The largest absolute Gasteiger partial charge is 0.365 e. The molecular formula is C25H17Cl2F2N3O2. The topological polar surface area (TPSA) is 48.1 Å². The third-order valence-electron chi connectivity index (χ3n) is 6.43. The minimum Gasteiger partial charge on any atom is -0.365 e. The highest BCUT2D eigenvalue weighted by Crippen LogP contribution is 2.63. The van der Waals surface area contributed by atoms with Crippen molar-refractivity contribution in [3.05, 3.63) is 99.8 Å². The highest BCUT2D eigenvalue weighted by Gasteiger charge is 2.77. The predicted octanol–water partition coefficient (Wildman–Crippen LogP) is 7.00. The average molecular weight is 500 g/mol. The summed E-state index contributed by atoms with van der Waals surface area (Å²) in [5, 5.41) is 13.2. The van der Waals surface area contributed by atoms with E-state index in [0.717, 1.165) is 4.90 Å². The average Bonchev–Trinajstić information content (AvgIpc) is 2.99. The first kappa shape index (κ1) is 22.6. The van der Waals surface area contributed by atoms with E-state index in [-0.39, 0.29) is 16.9 Å². The van der Waals surface area contributed by atoms with Crippen molar-refractivity contribution in [2.75, 3.05) is 9.80 Å². The van der Waals surface area contributed by atoms with Crippen molar-refractivity contribution < 1.29 is 18.7 Å². The first-order valence-corrected chi connectivity index (χ1v) is 11.1. The monoisotopic (exact) mass is 499 g/mol. The van der Waals surface area contributed by atoms with Crippen molar-refractivity contribution in [2.24, 2.45) is 0 Å². The highest BCUT2D eigenvalue weighted by atomic mass is 35.5. The minimum absolute atomic E-state index is 0.163. The summed E-state index contributed by atoms with van der Waals surface area (Å²) in [5.74, 6) is -3.09. The molecule has 0 radical (unpaired) electrons. The smallest absolute Gasteiger partial charge is 0.332 e. The van der Waals surface area contributed by atoms with Crippen LogP contribution in [0, 0.1) is 6.57 Å². The second-order valence-corrected chi connectivity index (χ2v) is 9.35. The fourth-order valence-electron chi connectivity index (χ4n) is 5.02. The Hall–Kier alpha value is -3.18. The van der Waals surface area contributed by atoms with Gasteiger partial charge in [-0.1, -0.05) is 41.4 Å². The van der Waals surface area contributed by atoms with E-state index in [2.05, 4.69) is 4.85 Å². The van der Waals surface area contributed by atoms with Crippen LogP contribution < -0.4 is 9.80 Å². The number of nitrogens with zero attached hydrogens (tertiary/aromatic N) is 3. The van der Waals surface area contributed by atoms with Gasteiger partial charge < -0.3 is 5.11 Å². The zero-order chi connectivity index (χ0) is 24.3. The van der Waals surface area contributed by atoms with Gasteiger partial charge >= 0.3 is 6.03 Å². The normalized spacial score (nSPS) is 22.5. The lowest BCUT2D eigenvalue weighted by Crippen LogP contribution is -2.70. The van der Waals surface area contributed by atoms with E-state index in [1.807, 2.05) is 0 Å². The van der Waals surface area contributed by atoms with E-state index in [1.165, 1.54) is 17.0 Å². The molecule has 5 nitrogen and oxygen atoms in total. The van der Waals surface area contributed by atoms with Gasteiger partial charge in [-0.15, -0.1) is 0 Å². The number of benzene rings is 3. The molecule has 9 heteroatoms. The third-order valence-corrected chi connectivity index (χ3v) is 6.94. The van der Waals surface area contributed by atoms with Crippen LogP contribution in [-0.4, -0.2) is 22.6 Å². The summed E-state index contributed by atoms with van der Waals surface area (Å²) in [6, 6.07) is 17.8. The van der Waals surface area contributed by atoms with Crippen molar-refractivity contribution in [3.63, 3.8) is 0 Å². The Bertz CT molecular complexity index is 1320. The Labute approximate surface area is 204 Å². The zero-order valence-electron chi connectivity index (χ0n) is 17.6. The van der Waals surface area contributed by atoms with Crippen LogP contribution in [0.4, 0.5) is 30.6 Å². The molecule has 1 N–H and O–H groups in total. The number of alkyl halides is 2. The quantitative estimate of drug-likeness (QED) is 0.394. The summed E-state index contributed by atoms with van der Waals surface area (Å²) < 4.78 is 29.1. The number of carbonyl (C=O) groups excluding carboxylic acids is 1. The van der Waals surface area contributed by atoms with Gasteiger partial charge in [0.25, 0.3) is 5.92 Å². The summed E-state index contributed by atoms with van der Waals surface area (Å²) in [7, 11) is 0. The number of halogens is 4. The van der Waals surface area contributed by atoms with Crippen LogP contribution in [0.1, 0.15) is 18.4 Å². The second-order valence-electron chi connectivity index (χ2n) is 8.48. The van der Waals surface area contributed by atoms with Gasteiger partial charge in [-0.05, 0) is 60.2 Å². The Balaban J connectivity index is 1.79. The molecule has 2 fully saturated rings. The first-order valence-electron chi connectivity index (χ1n) is 10.4. The van der Waals surface area contributed by atoms with Crippen LogP contribution in [0.2, 0.25) is 10.0 Å². The molecule has 3 aromatic rings. The number of anilines is 2. The van der Waals surface area contributed by atoms with Gasteiger partial charge in [0.05, 0.1) is 6.57 Å². The number of rotatable bonds is 3. The fraction of sp³-hybridized carbons (Fsp3) is 0.200. The summed E-state index contributed by atoms with van der Waals surface area (Å²) in [5.41, 5.74) is -2.95. The van der Waals surface area contributed by atoms with E-state index >= 15 is 0 Å². The lowest BCUT2D eigenvalue weighted by Gasteiger charge is -2.55. The number of hydrogen-bond acceptors (Lipinski definition) is 2. The summed E-state index contributed by atoms with van der Waals surface area (Å²) in [6.45, 7) is 7.37. The maximum atomic E-state index is 14.5. The summed E-state index contributed by atoms with van der Waals surface area (Å²) in [4.78, 5) is 19.7. The molecule has 0 aromatic heterocycles. The lowest BCUT2D eigenvalue weighted by molar-refractivity contribution is -0.182. The molecule has 1 aliphatic carbocycles. The van der Waals surface area contributed by atoms with Crippen molar-refractivity contribution in [1.29, 1.82) is 0 Å². The maximum absolute atomic E-state index is 14.5. The van der Waals surface area contributed by atoms with Gasteiger partial charge in [-0.25, -0.2) is 18.4 Å². The number of hydrogen-bond donors (Lipinski definition) is 1. The first-order chi connectivity index (χ1) is 16.1. The molecule has 1 saturated carbocycles. The number of carbonyl (C=O) groups is 1. The molecule has 1 spiro atoms. The van der Waals surface area contributed by atoms with Gasteiger partial charge in [-0.2, -0.15) is 0 Å². The minimum atomic E-state index is -3.09. The Morgan fingerprint density at radius 2 is 1.41 bits per heavy atom. The van der Waals surface area contributed by atoms with Gasteiger partial charge in [0.2, 0.25) is 0 Å². The predicted molar refractivity (Wildman–Crippen MR) is 127 cm³/mol. The maximum Gasteiger partial charge on any atom is 0.332 e. The second kappa shape index (κ2) is 7.67. The van der Waals surface area contributed by atoms with Crippen molar-refractivity contribution >= 4 is 46.3 Å². The van der Waals surface area contributed by atoms with Crippen molar-refractivity contribution in [2.45, 2.75) is 30.0 Å². The number of amides is 2. The molecule has 1 heterocycles. The molecule has 5 rings (SSSR count). The molecule has 172 valence electrons. The van der Waals surface area contributed by atoms with E-state index in [0.29, 0.717) is 15.7 Å². The molecule has 34 heavy (non-hydrogen) atoms. The molecule has 3 aromatic carbocycles. The van der Waals surface area contributed by atoms with Crippen LogP contribution in [0.15, 0.2) is 72.8 Å². The SMILES string of the molecule is [C-]#[N+]c1cccc(C2(O)N(c3ccc(Cl)cc3)C(=O)N(c3ccc(Cl)cc3)C23CC(F)(F)C3)c1. The Morgan fingerprint density at radius 3 is 1.91 bits per heavy atom. The Kier molecular flexibility index (Phi) is 5.10.